The summed E-state index contributed by atoms with van der Waals surface area (Å²) in [4.78, 5) is 0. The van der Waals surface area contributed by atoms with Gasteiger partial charge in [-0.1, -0.05) is 18.2 Å². The van der Waals surface area contributed by atoms with Gasteiger partial charge in [0, 0.05) is 13.7 Å². The molecule has 76 valence electrons. The first-order chi connectivity index (χ1) is 6.83. The normalized spacial score (nSPS) is 9.50. The molecule has 0 heterocycles. The van der Waals surface area contributed by atoms with Crippen LogP contribution in [-0.4, -0.2) is 25.4 Å². The lowest BCUT2D eigenvalue weighted by atomic mass is 10.3. The van der Waals surface area contributed by atoms with Gasteiger partial charge in [-0.3, -0.25) is 0 Å². The molecule has 0 radical (unpaired) electrons. The number of hydrogen-bond acceptors (Lipinski definition) is 3. The van der Waals surface area contributed by atoms with Gasteiger partial charge in [0.05, 0.1) is 6.61 Å². The fourth-order valence-corrected chi connectivity index (χ4v) is 1.09. The predicted molar refractivity (Wildman–Crippen MR) is 59.5 cm³/mol. The van der Waals surface area contributed by atoms with Gasteiger partial charge in [-0.05, 0) is 24.4 Å². The average molecular weight is 211 g/mol. The molecule has 1 aromatic carbocycles. The molecule has 0 saturated heterocycles. The van der Waals surface area contributed by atoms with Crippen molar-refractivity contribution >= 4 is 17.4 Å². The van der Waals surface area contributed by atoms with Crippen LogP contribution < -0.4 is 10.1 Å². The third kappa shape index (κ3) is 4.20. The average Bonchev–Trinajstić information content (AvgIpc) is 2.20. The van der Waals surface area contributed by atoms with Crippen LogP contribution in [0.2, 0.25) is 0 Å². The van der Waals surface area contributed by atoms with E-state index in [1.807, 2.05) is 30.3 Å². The van der Waals surface area contributed by atoms with Crippen molar-refractivity contribution in [1.29, 1.82) is 0 Å². The Morgan fingerprint density at radius 3 is 2.71 bits per heavy atom. The summed E-state index contributed by atoms with van der Waals surface area (Å²) in [6.45, 7) is 1.26. The molecule has 1 aromatic rings. The minimum Gasteiger partial charge on any atom is -0.432 e. The van der Waals surface area contributed by atoms with Crippen molar-refractivity contribution in [1.82, 2.24) is 5.32 Å². The van der Waals surface area contributed by atoms with E-state index < -0.39 is 0 Å². The summed E-state index contributed by atoms with van der Waals surface area (Å²) >= 11 is 4.96. The number of methoxy groups -OCH3 is 1. The van der Waals surface area contributed by atoms with E-state index in [4.69, 9.17) is 21.7 Å². The van der Waals surface area contributed by atoms with Crippen LogP contribution in [-0.2, 0) is 4.74 Å². The number of nitrogens with one attached hydrogen (secondary N) is 1. The molecule has 0 fully saturated rings. The van der Waals surface area contributed by atoms with Crippen LogP contribution in [0.15, 0.2) is 30.3 Å². The van der Waals surface area contributed by atoms with Crippen LogP contribution in [0.5, 0.6) is 5.75 Å². The highest BCUT2D eigenvalue weighted by Gasteiger charge is 1.97. The Labute approximate surface area is 89.0 Å². The lowest BCUT2D eigenvalue weighted by molar-refractivity contribution is 0.203. The number of hydrogen-bond donors (Lipinski definition) is 1. The maximum absolute atomic E-state index is 5.33. The molecule has 0 saturated carbocycles. The Morgan fingerprint density at radius 2 is 2.07 bits per heavy atom. The van der Waals surface area contributed by atoms with Crippen molar-refractivity contribution in [2.45, 2.75) is 0 Å². The van der Waals surface area contributed by atoms with Crippen molar-refractivity contribution in [3.8, 4) is 5.75 Å². The zero-order valence-electron chi connectivity index (χ0n) is 8.03. The fraction of sp³-hybridized carbons (Fsp3) is 0.300. The topological polar surface area (TPSA) is 30.5 Å². The molecular formula is C10H13NO2S. The Kier molecular flexibility index (Phi) is 4.96. The van der Waals surface area contributed by atoms with Gasteiger partial charge in [0.2, 0.25) is 0 Å². The van der Waals surface area contributed by atoms with Crippen molar-refractivity contribution < 1.29 is 9.47 Å². The fourth-order valence-electron chi connectivity index (χ4n) is 0.887. The van der Waals surface area contributed by atoms with Gasteiger partial charge in [0.15, 0.2) is 0 Å². The lowest BCUT2D eigenvalue weighted by Crippen LogP contribution is -2.29. The minimum atomic E-state index is 0.369. The van der Waals surface area contributed by atoms with E-state index in [1.54, 1.807) is 7.11 Å². The van der Waals surface area contributed by atoms with E-state index in [0.29, 0.717) is 18.3 Å². The van der Waals surface area contributed by atoms with Crippen LogP contribution in [0.25, 0.3) is 0 Å². The summed E-state index contributed by atoms with van der Waals surface area (Å²) in [5.74, 6) is 0.738. The minimum absolute atomic E-state index is 0.369. The molecule has 1 N–H and O–H groups in total. The van der Waals surface area contributed by atoms with Crippen LogP contribution in [0, 0.1) is 0 Å². The van der Waals surface area contributed by atoms with Gasteiger partial charge in [-0.2, -0.15) is 0 Å². The molecule has 14 heavy (non-hydrogen) atoms. The monoisotopic (exact) mass is 211 g/mol. The molecule has 0 unspecified atom stereocenters. The van der Waals surface area contributed by atoms with Crippen molar-refractivity contribution in [3.05, 3.63) is 30.3 Å². The maximum Gasteiger partial charge on any atom is 0.262 e. The first-order valence-corrected chi connectivity index (χ1v) is 4.73. The Balaban J connectivity index is 2.27. The Morgan fingerprint density at radius 1 is 1.36 bits per heavy atom. The van der Waals surface area contributed by atoms with Gasteiger partial charge < -0.3 is 14.8 Å². The Hall–Kier alpha value is -1.13. The molecule has 3 nitrogen and oxygen atoms in total. The van der Waals surface area contributed by atoms with E-state index in [2.05, 4.69) is 5.32 Å². The van der Waals surface area contributed by atoms with E-state index in [0.717, 1.165) is 5.75 Å². The highest BCUT2D eigenvalue weighted by molar-refractivity contribution is 7.80. The molecule has 0 aliphatic carbocycles. The van der Waals surface area contributed by atoms with Crippen molar-refractivity contribution in [2.24, 2.45) is 0 Å². The van der Waals surface area contributed by atoms with E-state index >= 15 is 0 Å². The zero-order valence-corrected chi connectivity index (χ0v) is 8.84. The van der Waals surface area contributed by atoms with E-state index in [9.17, 15) is 0 Å². The van der Waals surface area contributed by atoms with E-state index in [1.165, 1.54) is 0 Å². The summed E-state index contributed by atoms with van der Waals surface area (Å²) < 4.78 is 10.2. The van der Waals surface area contributed by atoms with Gasteiger partial charge >= 0.3 is 0 Å². The zero-order chi connectivity index (χ0) is 10.2. The smallest absolute Gasteiger partial charge is 0.262 e. The predicted octanol–water partition coefficient (Wildman–Crippen LogP) is 1.59. The number of thiocarbonyl (C=S) groups is 1. The summed E-state index contributed by atoms with van der Waals surface area (Å²) in [7, 11) is 1.64. The standard InChI is InChI=1S/C10H13NO2S/c1-12-8-7-11-10(14)13-9-5-3-2-4-6-9/h2-6H,7-8H2,1H3,(H,11,14). The first-order valence-electron chi connectivity index (χ1n) is 4.32. The van der Waals surface area contributed by atoms with Crippen LogP contribution >= 0.6 is 12.2 Å². The second-order valence-corrected chi connectivity index (χ2v) is 2.99. The highest BCUT2D eigenvalue weighted by Crippen LogP contribution is 2.07. The molecule has 1 rings (SSSR count). The summed E-state index contributed by atoms with van der Waals surface area (Å²) in [6.07, 6.45) is 0. The van der Waals surface area contributed by atoms with Gasteiger partial charge in [0.1, 0.15) is 5.75 Å². The lowest BCUT2D eigenvalue weighted by Gasteiger charge is -2.08. The van der Waals surface area contributed by atoms with Crippen molar-refractivity contribution in [3.63, 3.8) is 0 Å². The van der Waals surface area contributed by atoms with Crippen LogP contribution in [0.1, 0.15) is 0 Å². The van der Waals surface area contributed by atoms with Crippen molar-refractivity contribution in [2.75, 3.05) is 20.3 Å². The van der Waals surface area contributed by atoms with Gasteiger partial charge in [0.25, 0.3) is 5.17 Å². The third-order valence-corrected chi connectivity index (χ3v) is 1.76. The largest absolute Gasteiger partial charge is 0.432 e. The second kappa shape index (κ2) is 6.34. The molecule has 4 heteroatoms. The summed E-state index contributed by atoms with van der Waals surface area (Å²) in [5, 5.41) is 3.29. The van der Waals surface area contributed by atoms with E-state index in [-0.39, 0.29) is 0 Å². The number of rotatable bonds is 4. The highest BCUT2D eigenvalue weighted by atomic mass is 32.1. The molecule has 0 aliphatic rings. The number of para-hydroxylation sites is 1. The van der Waals surface area contributed by atoms with Crippen LogP contribution in [0.4, 0.5) is 0 Å². The third-order valence-electron chi connectivity index (χ3n) is 1.53. The molecule has 0 aromatic heterocycles. The summed E-state index contributed by atoms with van der Waals surface area (Å²) in [6, 6.07) is 9.42. The Bertz CT molecular complexity index is 277. The molecule has 0 bridgehead atoms. The van der Waals surface area contributed by atoms with Crippen LogP contribution in [0.3, 0.4) is 0 Å². The number of ether oxygens (including phenoxy) is 2. The molecule has 0 aliphatic heterocycles. The molecule has 0 atom stereocenters. The van der Waals surface area contributed by atoms with Gasteiger partial charge in [-0.25, -0.2) is 0 Å². The van der Waals surface area contributed by atoms with Gasteiger partial charge in [-0.15, -0.1) is 0 Å². The molecule has 0 amide bonds. The summed E-state index contributed by atoms with van der Waals surface area (Å²) in [5.41, 5.74) is 0. The first kappa shape index (κ1) is 10.9. The molecule has 0 spiro atoms. The quantitative estimate of drug-likeness (QED) is 0.605. The SMILES string of the molecule is COCCNC(=S)Oc1ccccc1. The maximum atomic E-state index is 5.33. The molecular weight excluding hydrogens is 198 g/mol. The number of benzene rings is 1. The second-order valence-electron chi connectivity index (χ2n) is 2.62.